The second-order valence-electron chi connectivity index (χ2n) is 5.23. The summed E-state index contributed by atoms with van der Waals surface area (Å²) in [5.74, 6) is -1.46. The Morgan fingerprint density at radius 3 is 2.80 bits per heavy atom. The second-order valence-corrected chi connectivity index (χ2v) is 5.23. The molecule has 1 saturated heterocycles. The van der Waals surface area contributed by atoms with Gasteiger partial charge >= 0.3 is 12.0 Å². The fourth-order valence-electron chi connectivity index (χ4n) is 2.21. The molecule has 20 heavy (non-hydrogen) atoms. The molecule has 1 aliphatic heterocycles. The Morgan fingerprint density at radius 1 is 1.50 bits per heavy atom. The van der Waals surface area contributed by atoms with Crippen molar-refractivity contribution in [2.45, 2.75) is 24.9 Å². The SMILES string of the molecule is CN(CCNC(=O)N1CC(=O)NCC1C(=O)O)C1CC1. The Morgan fingerprint density at radius 2 is 2.20 bits per heavy atom. The number of carbonyl (C=O) groups is 3. The van der Waals surface area contributed by atoms with Crippen molar-refractivity contribution >= 4 is 17.9 Å². The van der Waals surface area contributed by atoms with Gasteiger partial charge in [-0.3, -0.25) is 9.69 Å². The number of nitrogens with zero attached hydrogens (tertiary/aromatic N) is 2. The first-order valence-electron chi connectivity index (χ1n) is 6.73. The van der Waals surface area contributed by atoms with Crippen LogP contribution in [0.4, 0.5) is 4.79 Å². The first-order chi connectivity index (χ1) is 9.49. The highest BCUT2D eigenvalue weighted by Gasteiger charge is 2.35. The van der Waals surface area contributed by atoms with Crippen molar-refractivity contribution in [2.24, 2.45) is 0 Å². The lowest BCUT2D eigenvalue weighted by Crippen LogP contribution is -2.61. The highest BCUT2D eigenvalue weighted by Crippen LogP contribution is 2.24. The van der Waals surface area contributed by atoms with Crippen molar-refractivity contribution in [2.75, 3.05) is 33.2 Å². The van der Waals surface area contributed by atoms with Gasteiger partial charge in [0.1, 0.15) is 12.6 Å². The summed E-state index contributed by atoms with van der Waals surface area (Å²) < 4.78 is 0. The highest BCUT2D eigenvalue weighted by molar-refractivity contribution is 5.90. The third-order valence-electron chi connectivity index (χ3n) is 3.64. The smallest absolute Gasteiger partial charge is 0.328 e. The number of piperazine rings is 1. The molecule has 3 amide bonds. The van der Waals surface area contributed by atoms with E-state index in [4.69, 9.17) is 5.11 Å². The zero-order valence-corrected chi connectivity index (χ0v) is 11.5. The zero-order valence-electron chi connectivity index (χ0n) is 11.5. The van der Waals surface area contributed by atoms with Crippen LogP contribution in [0.2, 0.25) is 0 Å². The van der Waals surface area contributed by atoms with Gasteiger partial charge in [0, 0.05) is 25.7 Å². The van der Waals surface area contributed by atoms with Crippen molar-refractivity contribution in [3.63, 3.8) is 0 Å². The topological polar surface area (TPSA) is 102 Å². The molecule has 8 heteroatoms. The van der Waals surface area contributed by atoms with E-state index in [1.54, 1.807) is 0 Å². The molecule has 1 aliphatic carbocycles. The molecule has 0 aromatic heterocycles. The van der Waals surface area contributed by atoms with E-state index in [1.807, 2.05) is 7.05 Å². The highest BCUT2D eigenvalue weighted by atomic mass is 16.4. The van der Waals surface area contributed by atoms with Crippen LogP contribution in [0.3, 0.4) is 0 Å². The Kier molecular flexibility index (Phi) is 4.43. The molecule has 0 radical (unpaired) electrons. The number of hydrogen-bond acceptors (Lipinski definition) is 4. The minimum absolute atomic E-state index is 0.0520. The molecule has 8 nitrogen and oxygen atoms in total. The maximum Gasteiger partial charge on any atom is 0.328 e. The number of aliphatic carboxylic acids is 1. The van der Waals surface area contributed by atoms with Crippen molar-refractivity contribution in [3.8, 4) is 0 Å². The third kappa shape index (κ3) is 3.60. The monoisotopic (exact) mass is 284 g/mol. The van der Waals surface area contributed by atoms with Gasteiger partial charge in [-0.15, -0.1) is 0 Å². The Labute approximate surface area is 117 Å². The number of nitrogens with one attached hydrogen (secondary N) is 2. The summed E-state index contributed by atoms with van der Waals surface area (Å²) in [7, 11) is 2.00. The van der Waals surface area contributed by atoms with Gasteiger partial charge in [0.05, 0.1) is 0 Å². The summed E-state index contributed by atoms with van der Waals surface area (Å²) in [6.07, 6.45) is 2.38. The molecular formula is C12H20N4O4. The Balaban J connectivity index is 1.81. The van der Waals surface area contributed by atoms with Gasteiger partial charge < -0.3 is 20.6 Å². The van der Waals surface area contributed by atoms with E-state index in [9.17, 15) is 14.4 Å². The number of carbonyl (C=O) groups excluding carboxylic acids is 2. The van der Waals surface area contributed by atoms with E-state index in [-0.39, 0.29) is 19.0 Å². The van der Waals surface area contributed by atoms with Gasteiger partial charge in [0.2, 0.25) is 5.91 Å². The first-order valence-corrected chi connectivity index (χ1v) is 6.73. The minimum Gasteiger partial charge on any atom is -0.480 e. The quantitative estimate of drug-likeness (QED) is 0.581. The normalized spacial score (nSPS) is 22.6. The molecular weight excluding hydrogens is 264 g/mol. The van der Waals surface area contributed by atoms with Crippen LogP contribution in [0.5, 0.6) is 0 Å². The fourth-order valence-corrected chi connectivity index (χ4v) is 2.21. The van der Waals surface area contributed by atoms with Crippen LogP contribution < -0.4 is 10.6 Å². The molecule has 112 valence electrons. The fraction of sp³-hybridized carbons (Fsp3) is 0.750. The standard InChI is InChI=1S/C12H20N4O4/c1-15(8-2-3-8)5-4-13-12(20)16-7-10(17)14-6-9(16)11(18)19/h8-9H,2-7H2,1H3,(H,13,20)(H,14,17)(H,18,19). The summed E-state index contributed by atoms with van der Waals surface area (Å²) in [5, 5.41) is 14.2. The van der Waals surface area contributed by atoms with Crippen LogP contribution in [-0.4, -0.2) is 78.1 Å². The number of rotatable bonds is 5. The number of carboxylic acid groups (broad SMARTS) is 1. The van der Waals surface area contributed by atoms with Crippen LogP contribution in [0.1, 0.15) is 12.8 Å². The van der Waals surface area contributed by atoms with E-state index < -0.39 is 18.0 Å². The summed E-state index contributed by atoms with van der Waals surface area (Å²) in [4.78, 5) is 37.6. The third-order valence-corrected chi connectivity index (χ3v) is 3.64. The largest absolute Gasteiger partial charge is 0.480 e. The predicted octanol–water partition coefficient (Wildman–Crippen LogP) is -1.32. The summed E-state index contributed by atoms with van der Waals surface area (Å²) in [5.41, 5.74) is 0. The molecule has 0 aromatic rings. The molecule has 1 heterocycles. The molecule has 1 atom stereocenters. The predicted molar refractivity (Wildman–Crippen MR) is 70.2 cm³/mol. The van der Waals surface area contributed by atoms with E-state index in [1.165, 1.54) is 12.8 Å². The molecule has 2 fully saturated rings. The first kappa shape index (κ1) is 14.6. The van der Waals surface area contributed by atoms with E-state index >= 15 is 0 Å². The van der Waals surface area contributed by atoms with Crippen LogP contribution in [0.25, 0.3) is 0 Å². The number of amides is 3. The van der Waals surface area contributed by atoms with Crippen molar-refractivity contribution in [1.29, 1.82) is 0 Å². The summed E-state index contributed by atoms with van der Waals surface area (Å²) >= 11 is 0. The molecule has 1 saturated carbocycles. The number of urea groups is 1. The van der Waals surface area contributed by atoms with Gasteiger partial charge in [-0.05, 0) is 19.9 Å². The van der Waals surface area contributed by atoms with Gasteiger partial charge in [0.25, 0.3) is 0 Å². The van der Waals surface area contributed by atoms with Gasteiger partial charge in [-0.2, -0.15) is 0 Å². The second kappa shape index (κ2) is 6.08. The number of likely N-dealkylation sites (N-methyl/N-ethyl adjacent to an activating group) is 1. The van der Waals surface area contributed by atoms with Crippen molar-refractivity contribution in [3.05, 3.63) is 0 Å². The van der Waals surface area contributed by atoms with Crippen LogP contribution in [0.15, 0.2) is 0 Å². The van der Waals surface area contributed by atoms with E-state index in [2.05, 4.69) is 15.5 Å². The number of hydrogen-bond donors (Lipinski definition) is 3. The molecule has 3 N–H and O–H groups in total. The maximum atomic E-state index is 12.0. The summed E-state index contributed by atoms with van der Waals surface area (Å²) in [6, 6.07) is -0.898. The Hall–Kier alpha value is -1.83. The lowest BCUT2D eigenvalue weighted by molar-refractivity contribution is -0.144. The van der Waals surface area contributed by atoms with Gasteiger partial charge in [-0.25, -0.2) is 9.59 Å². The van der Waals surface area contributed by atoms with Crippen LogP contribution in [0, 0.1) is 0 Å². The molecule has 0 bridgehead atoms. The Bertz CT molecular complexity index is 410. The zero-order chi connectivity index (χ0) is 14.7. The molecule has 0 aromatic carbocycles. The average Bonchev–Trinajstić information content (AvgIpc) is 3.22. The number of carboxylic acids is 1. The van der Waals surface area contributed by atoms with Crippen molar-refractivity contribution < 1.29 is 19.5 Å². The maximum absolute atomic E-state index is 12.0. The average molecular weight is 284 g/mol. The molecule has 2 aliphatic rings. The van der Waals surface area contributed by atoms with E-state index in [0.29, 0.717) is 19.1 Å². The molecule has 1 unspecified atom stereocenters. The van der Waals surface area contributed by atoms with Gasteiger partial charge in [0.15, 0.2) is 0 Å². The minimum atomic E-state index is -1.12. The summed E-state index contributed by atoms with van der Waals surface area (Å²) in [6.45, 7) is 0.884. The molecule has 2 rings (SSSR count). The van der Waals surface area contributed by atoms with Crippen molar-refractivity contribution in [1.82, 2.24) is 20.4 Å². The van der Waals surface area contributed by atoms with Gasteiger partial charge in [-0.1, -0.05) is 0 Å². The lowest BCUT2D eigenvalue weighted by atomic mass is 10.2. The van der Waals surface area contributed by atoms with E-state index in [0.717, 1.165) is 4.90 Å². The van der Waals surface area contributed by atoms with Crippen LogP contribution >= 0.6 is 0 Å². The molecule has 0 spiro atoms. The lowest BCUT2D eigenvalue weighted by Gasteiger charge is -2.32. The van der Waals surface area contributed by atoms with Crippen LogP contribution in [-0.2, 0) is 9.59 Å².